The highest BCUT2D eigenvalue weighted by Crippen LogP contribution is 2.36. The van der Waals surface area contributed by atoms with Gasteiger partial charge in [0.2, 0.25) is 0 Å². The molecule has 5 nitrogen and oxygen atoms in total. The lowest BCUT2D eigenvalue weighted by Crippen LogP contribution is -2.41. The van der Waals surface area contributed by atoms with Crippen molar-refractivity contribution in [2.75, 3.05) is 13.2 Å². The molecule has 2 heterocycles. The average molecular weight is 409 g/mol. The monoisotopic (exact) mass is 409 g/mol. The highest BCUT2D eigenvalue weighted by atomic mass is 16.7. The van der Waals surface area contributed by atoms with Gasteiger partial charge in [0.25, 0.3) is 0 Å². The van der Waals surface area contributed by atoms with Crippen molar-refractivity contribution >= 4 is 12.6 Å². The van der Waals surface area contributed by atoms with E-state index in [1.54, 1.807) is 0 Å². The number of aliphatic hydroxyl groups is 1. The lowest BCUT2D eigenvalue weighted by atomic mass is 9.79. The summed E-state index contributed by atoms with van der Waals surface area (Å²) >= 11 is 0. The van der Waals surface area contributed by atoms with Crippen LogP contribution in [0.2, 0.25) is 0 Å². The van der Waals surface area contributed by atoms with Gasteiger partial charge in [-0.05, 0) is 75.8 Å². The molecule has 2 atom stereocenters. The number of ether oxygens (including phenoxy) is 1. The van der Waals surface area contributed by atoms with Crippen molar-refractivity contribution < 1.29 is 19.2 Å². The van der Waals surface area contributed by atoms with Gasteiger partial charge in [0.15, 0.2) is 0 Å². The van der Waals surface area contributed by atoms with E-state index >= 15 is 0 Å². The smallest absolute Gasteiger partial charge is 0.491 e. The van der Waals surface area contributed by atoms with Gasteiger partial charge in [-0.25, -0.2) is 0 Å². The molecule has 2 aromatic rings. The molecule has 4 rings (SSSR count). The van der Waals surface area contributed by atoms with Crippen LogP contribution < -0.4 is 15.5 Å². The molecule has 2 aliphatic heterocycles. The van der Waals surface area contributed by atoms with Crippen LogP contribution in [0.3, 0.4) is 0 Å². The Morgan fingerprint density at radius 3 is 2.60 bits per heavy atom. The molecule has 0 radical (unpaired) electrons. The zero-order valence-electron chi connectivity index (χ0n) is 18.4. The maximum Gasteiger partial charge on any atom is 0.494 e. The van der Waals surface area contributed by atoms with E-state index < -0.39 is 13.2 Å². The van der Waals surface area contributed by atoms with Crippen molar-refractivity contribution in [2.45, 2.75) is 63.9 Å². The lowest BCUT2D eigenvalue weighted by Gasteiger charge is -2.32. The summed E-state index contributed by atoms with van der Waals surface area (Å²) in [7, 11) is -0.425. The maximum atomic E-state index is 10.6. The second kappa shape index (κ2) is 8.35. The number of nitrogens with one attached hydrogen (secondary N) is 1. The lowest BCUT2D eigenvalue weighted by molar-refractivity contribution is 0.00578. The zero-order chi connectivity index (χ0) is 21.4. The first kappa shape index (κ1) is 21.4. The van der Waals surface area contributed by atoms with Crippen LogP contribution in [-0.2, 0) is 15.7 Å². The van der Waals surface area contributed by atoms with E-state index in [1.807, 2.05) is 52.0 Å². The molecular weight excluding hydrogens is 377 g/mol. The first-order chi connectivity index (χ1) is 14.2. The second-order valence-corrected chi connectivity index (χ2v) is 9.32. The van der Waals surface area contributed by atoms with Crippen molar-refractivity contribution in [3.8, 4) is 5.75 Å². The summed E-state index contributed by atoms with van der Waals surface area (Å²) in [6.45, 7) is 9.35. The summed E-state index contributed by atoms with van der Waals surface area (Å²) < 4.78 is 18.2. The SMILES string of the molecule is CC1(C)OB(c2cccc(OCC(O)CC3NCCc4ccccc43)c2)OC1(C)C. The van der Waals surface area contributed by atoms with Gasteiger partial charge in [-0.3, -0.25) is 0 Å². The van der Waals surface area contributed by atoms with E-state index in [4.69, 9.17) is 14.0 Å². The van der Waals surface area contributed by atoms with Crippen molar-refractivity contribution in [1.82, 2.24) is 5.32 Å². The van der Waals surface area contributed by atoms with Crippen LogP contribution in [0.1, 0.15) is 51.3 Å². The van der Waals surface area contributed by atoms with E-state index in [2.05, 4.69) is 29.6 Å². The third kappa shape index (κ3) is 4.42. The Morgan fingerprint density at radius 2 is 1.83 bits per heavy atom. The molecule has 0 aliphatic carbocycles. The topological polar surface area (TPSA) is 60.0 Å². The molecule has 2 aromatic carbocycles. The average Bonchev–Trinajstić information content (AvgIpc) is 2.94. The summed E-state index contributed by atoms with van der Waals surface area (Å²) in [5.74, 6) is 0.707. The van der Waals surface area contributed by atoms with Crippen molar-refractivity contribution in [1.29, 1.82) is 0 Å². The van der Waals surface area contributed by atoms with Crippen LogP contribution in [0.15, 0.2) is 48.5 Å². The summed E-state index contributed by atoms with van der Waals surface area (Å²) in [5.41, 5.74) is 2.81. The van der Waals surface area contributed by atoms with Crippen molar-refractivity contribution in [3.05, 3.63) is 59.7 Å². The third-order valence-electron chi connectivity index (χ3n) is 6.55. The van der Waals surface area contributed by atoms with Gasteiger partial charge in [0, 0.05) is 6.04 Å². The van der Waals surface area contributed by atoms with Crippen molar-refractivity contribution in [3.63, 3.8) is 0 Å². The van der Waals surface area contributed by atoms with Gasteiger partial charge < -0.3 is 24.5 Å². The Morgan fingerprint density at radius 1 is 1.10 bits per heavy atom. The number of hydrogen-bond donors (Lipinski definition) is 2. The molecule has 0 aromatic heterocycles. The molecule has 160 valence electrons. The third-order valence-corrected chi connectivity index (χ3v) is 6.55. The van der Waals surface area contributed by atoms with Crippen LogP contribution in [-0.4, -0.2) is 42.7 Å². The number of benzene rings is 2. The Labute approximate surface area is 179 Å². The van der Waals surface area contributed by atoms with Crippen LogP contribution in [0.4, 0.5) is 0 Å². The maximum absolute atomic E-state index is 10.6. The van der Waals surface area contributed by atoms with Crippen molar-refractivity contribution in [2.24, 2.45) is 0 Å². The minimum atomic E-state index is -0.561. The van der Waals surface area contributed by atoms with Crippen LogP contribution in [0, 0.1) is 0 Å². The zero-order valence-corrected chi connectivity index (χ0v) is 18.4. The van der Waals surface area contributed by atoms with E-state index in [1.165, 1.54) is 11.1 Å². The normalized spacial score (nSPS) is 23.1. The quantitative estimate of drug-likeness (QED) is 0.719. The highest BCUT2D eigenvalue weighted by Gasteiger charge is 2.51. The molecule has 0 amide bonds. The first-order valence-electron chi connectivity index (χ1n) is 10.8. The van der Waals surface area contributed by atoms with Gasteiger partial charge in [-0.1, -0.05) is 36.4 Å². The summed E-state index contributed by atoms with van der Waals surface area (Å²) in [5, 5.41) is 14.1. The molecule has 2 N–H and O–H groups in total. The number of aliphatic hydroxyl groups excluding tert-OH is 1. The molecule has 0 bridgehead atoms. The molecule has 6 heteroatoms. The Balaban J connectivity index is 1.35. The largest absolute Gasteiger partial charge is 0.494 e. The van der Waals surface area contributed by atoms with E-state index in [-0.39, 0.29) is 23.9 Å². The number of rotatable bonds is 6. The van der Waals surface area contributed by atoms with E-state index in [0.29, 0.717) is 12.2 Å². The molecular formula is C24H32BNO4. The summed E-state index contributed by atoms with van der Waals surface area (Å²) in [4.78, 5) is 0. The van der Waals surface area contributed by atoms with Crippen LogP contribution >= 0.6 is 0 Å². The van der Waals surface area contributed by atoms with E-state index in [0.717, 1.165) is 18.4 Å². The molecule has 0 spiro atoms. The molecule has 2 unspecified atom stereocenters. The van der Waals surface area contributed by atoms with Gasteiger partial charge in [-0.2, -0.15) is 0 Å². The van der Waals surface area contributed by atoms with Crippen LogP contribution in [0.5, 0.6) is 5.75 Å². The summed E-state index contributed by atoms with van der Waals surface area (Å²) in [6.07, 6.45) is 1.09. The molecule has 2 aliphatic rings. The summed E-state index contributed by atoms with van der Waals surface area (Å²) in [6, 6.07) is 16.4. The molecule has 0 saturated carbocycles. The van der Waals surface area contributed by atoms with E-state index in [9.17, 15) is 5.11 Å². The Hall–Kier alpha value is -1.86. The second-order valence-electron chi connectivity index (χ2n) is 9.32. The van der Waals surface area contributed by atoms with Gasteiger partial charge >= 0.3 is 7.12 Å². The fourth-order valence-electron chi connectivity index (χ4n) is 4.07. The number of fused-ring (bicyclic) bond motifs is 1. The van der Waals surface area contributed by atoms with Gasteiger partial charge in [0.05, 0.1) is 17.3 Å². The molecule has 1 fully saturated rings. The predicted octanol–water partition coefficient (Wildman–Crippen LogP) is 3.00. The van der Waals surface area contributed by atoms with Gasteiger partial charge in [0.1, 0.15) is 12.4 Å². The number of hydrogen-bond acceptors (Lipinski definition) is 5. The molecule has 1 saturated heterocycles. The fraction of sp³-hybridized carbons (Fsp3) is 0.500. The fourth-order valence-corrected chi connectivity index (χ4v) is 4.07. The van der Waals surface area contributed by atoms with Gasteiger partial charge in [-0.15, -0.1) is 0 Å². The minimum absolute atomic E-state index is 0.157. The predicted molar refractivity (Wildman–Crippen MR) is 119 cm³/mol. The Bertz CT molecular complexity index is 869. The highest BCUT2D eigenvalue weighted by molar-refractivity contribution is 6.62. The first-order valence-corrected chi connectivity index (χ1v) is 10.8. The minimum Gasteiger partial charge on any atom is -0.491 e. The van der Waals surface area contributed by atoms with Crippen LogP contribution in [0.25, 0.3) is 0 Å². The standard InChI is InChI=1S/C24H32BNO4/c1-23(2)24(3,4)30-25(29-23)18-9-7-10-20(14-18)28-16-19(27)15-22-21-11-6-5-8-17(21)12-13-26-22/h5-11,14,19,22,26-27H,12-13,15-16H2,1-4H3. The molecule has 30 heavy (non-hydrogen) atoms. The Kier molecular flexibility index (Phi) is 5.95.